The highest BCUT2D eigenvalue weighted by atomic mass is 35.5. The van der Waals surface area contributed by atoms with Gasteiger partial charge < -0.3 is 18.9 Å². The van der Waals surface area contributed by atoms with E-state index in [-0.39, 0.29) is 48.7 Å². The summed E-state index contributed by atoms with van der Waals surface area (Å²) in [6.07, 6.45) is 6.19. The van der Waals surface area contributed by atoms with Crippen molar-refractivity contribution in [2.45, 2.75) is 57.3 Å². The second-order valence-electron chi connectivity index (χ2n) is 14.2. The van der Waals surface area contributed by atoms with Crippen molar-refractivity contribution in [3.63, 3.8) is 0 Å². The lowest BCUT2D eigenvalue weighted by atomic mass is 9.86. The predicted molar refractivity (Wildman–Crippen MR) is 201 cm³/mol. The highest BCUT2D eigenvalue weighted by molar-refractivity contribution is 6.35. The number of ether oxygens (including phenoxy) is 4. The second-order valence-corrected chi connectivity index (χ2v) is 15.1. The van der Waals surface area contributed by atoms with Gasteiger partial charge in [-0.05, 0) is 116 Å². The molecule has 14 heteroatoms. The van der Waals surface area contributed by atoms with Crippen LogP contribution in [0.25, 0.3) is 0 Å². The summed E-state index contributed by atoms with van der Waals surface area (Å²) in [6, 6.07) is 17.0. The van der Waals surface area contributed by atoms with Crippen molar-refractivity contribution in [1.82, 2.24) is 9.88 Å². The normalized spacial score (nSPS) is 19.5. The molecule has 4 heterocycles. The van der Waals surface area contributed by atoms with Gasteiger partial charge in [0, 0.05) is 24.9 Å². The summed E-state index contributed by atoms with van der Waals surface area (Å²) in [5.41, 5.74) is 2.31. The van der Waals surface area contributed by atoms with Crippen LogP contribution in [-0.4, -0.2) is 67.5 Å². The van der Waals surface area contributed by atoms with Gasteiger partial charge in [0.15, 0.2) is 11.5 Å². The maximum atomic E-state index is 14.4. The Labute approximate surface area is 327 Å². The number of piperidine rings is 3. The molecule has 1 saturated carbocycles. The summed E-state index contributed by atoms with van der Waals surface area (Å²) in [5, 5.41) is 0.628. The molecule has 4 aliphatic rings. The SMILES string of the molecule is O=C(OC[C@@H](Cc1c(Cl)cncc1Cl)c1ccc(OC(F)F)c(OCC2CC2)c1)c1cccc(CN(C(=O)O[C@H]2CN3CCC2CC3)c2cccc(F)c2)c1. The molecule has 0 N–H and O–H groups in total. The topological polar surface area (TPSA) is 90.4 Å². The third-order valence-electron chi connectivity index (χ3n) is 10.3. The number of hydrogen-bond donors (Lipinski definition) is 0. The fourth-order valence-corrected chi connectivity index (χ4v) is 7.63. The summed E-state index contributed by atoms with van der Waals surface area (Å²) >= 11 is 13.0. The summed E-state index contributed by atoms with van der Waals surface area (Å²) in [6.45, 7) is -0.196. The monoisotopic (exact) mass is 797 g/mol. The Bertz CT molecular complexity index is 1970. The number of nitrogens with zero attached hydrogens (tertiary/aromatic N) is 3. The quantitative estimate of drug-likeness (QED) is 0.110. The summed E-state index contributed by atoms with van der Waals surface area (Å²) in [5.74, 6) is -1.02. The third kappa shape index (κ3) is 10.0. The summed E-state index contributed by atoms with van der Waals surface area (Å²) in [7, 11) is 0. The van der Waals surface area contributed by atoms with Crippen molar-refractivity contribution >= 4 is 41.0 Å². The zero-order valence-corrected chi connectivity index (χ0v) is 31.4. The van der Waals surface area contributed by atoms with E-state index in [9.17, 15) is 22.8 Å². The Morgan fingerprint density at radius 1 is 0.927 bits per heavy atom. The van der Waals surface area contributed by atoms with E-state index >= 15 is 0 Å². The third-order valence-corrected chi connectivity index (χ3v) is 11.0. The van der Waals surface area contributed by atoms with E-state index in [0.29, 0.717) is 51.5 Å². The maximum absolute atomic E-state index is 14.4. The molecule has 3 saturated heterocycles. The zero-order chi connectivity index (χ0) is 38.5. The molecular weight excluding hydrogens is 758 g/mol. The number of carbonyl (C=O) groups excluding carboxylic acids is 2. The Morgan fingerprint density at radius 3 is 2.38 bits per heavy atom. The minimum atomic E-state index is -3.05. The second kappa shape index (κ2) is 17.5. The van der Waals surface area contributed by atoms with Gasteiger partial charge in [-0.3, -0.25) is 14.8 Å². The molecule has 0 radical (unpaired) electrons. The average Bonchev–Trinajstić information content (AvgIpc) is 4.01. The Morgan fingerprint density at radius 2 is 1.69 bits per heavy atom. The van der Waals surface area contributed by atoms with E-state index in [0.717, 1.165) is 38.8 Å². The molecule has 4 fully saturated rings. The average molecular weight is 799 g/mol. The van der Waals surface area contributed by atoms with Crippen LogP contribution in [0.15, 0.2) is 79.1 Å². The van der Waals surface area contributed by atoms with E-state index in [4.69, 9.17) is 42.1 Å². The zero-order valence-electron chi connectivity index (χ0n) is 29.9. The van der Waals surface area contributed by atoms with Gasteiger partial charge in [0.2, 0.25) is 0 Å². The molecule has 0 unspecified atom stereocenters. The number of benzene rings is 3. The van der Waals surface area contributed by atoms with Crippen molar-refractivity contribution in [1.29, 1.82) is 0 Å². The van der Waals surface area contributed by atoms with Crippen LogP contribution in [0.2, 0.25) is 10.0 Å². The molecule has 55 heavy (non-hydrogen) atoms. The lowest BCUT2D eigenvalue weighted by Crippen LogP contribution is -2.53. The molecule has 3 aliphatic heterocycles. The fraction of sp³-hybridized carbons (Fsp3) is 0.390. The van der Waals surface area contributed by atoms with Crippen LogP contribution in [0.4, 0.5) is 23.7 Å². The highest BCUT2D eigenvalue weighted by Crippen LogP contribution is 2.38. The number of carbonyl (C=O) groups is 2. The van der Waals surface area contributed by atoms with Crippen LogP contribution in [0, 0.1) is 17.7 Å². The molecule has 0 spiro atoms. The van der Waals surface area contributed by atoms with Crippen molar-refractivity contribution in [3.8, 4) is 11.5 Å². The lowest BCUT2D eigenvalue weighted by Gasteiger charge is -2.44. The molecule has 1 aliphatic carbocycles. The summed E-state index contributed by atoms with van der Waals surface area (Å²) in [4.78, 5) is 35.0. The minimum Gasteiger partial charge on any atom is -0.489 e. The first kappa shape index (κ1) is 38.7. The predicted octanol–water partition coefficient (Wildman–Crippen LogP) is 9.34. The lowest BCUT2D eigenvalue weighted by molar-refractivity contribution is -0.0515. The van der Waals surface area contributed by atoms with E-state index < -0.39 is 30.4 Å². The van der Waals surface area contributed by atoms with Crippen LogP contribution in [0.3, 0.4) is 0 Å². The number of amides is 1. The van der Waals surface area contributed by atoms with Crippen molar-refractivity contribution in [2.75, 3.05) is 37.7 Å². The molecule has 1 amide bonds. The van der Waals surface area contributed by atoms with Gasteiger partial charge in [-0.1, -0.05) is 47.5 Å². The maximum Gasteiger partial charge on any atom is 0.414 e. The van der Waals surface area contributed by atoms with Crippen molar-refractivity contribution in [3.05, 3.63) is 117 Å². The molecule has 9 nitrogen and oxygen atoms in total. The number of esters is 1. The number of alkyl halides is 2. The molecule has 2 atom stereocenters. The fourth-order valence-electron chi connectivity index (χ4n) is 7.11. The first-order valence-corrected chi connectivity index (χ1v) is 19.1. The van der Waals surface area contributed by atoms with E-state index in [2.05, 4.69) is 9.88 Å². The largest absolute Gasteiger partial charge is 0.489 e. The Balaban J connectivity index is 1.10. The first-order valence-electron chi connectivity index (χ1n) is 18.3. The van der Waals surface area contributed by atoms with Gasteiger partial charge in [-0.25, -0.2) is 14.0 Å². The van der Waals surface area contributed by atoms with E-state index in [1.807, 2.05) is 0 Å². The smallest absolute Gasteiger partial charge is 0.414 e. The number of rotatable bonds is 15. The van der Waals surface area contributed by atoms with Gasteiger partial charge in [-0.15, -0.1) is 0 Å². The van der Waals surface area contributed by atoms with E-state index in [1.165, 1.54) is 41.6 Å². The van der Waals surface area contributed by atoms with E-state index in [1.54, 1.807) is 42.5 Å². The molecule has 1 aromatic heterocycles. The van der Waals surface area contributed by atoms with Crippen LogP contribution >= 0.6 is 23.2 Å². The minimum absolute atomic E-state index is 0.00282. The number of hydrogen-bond acceptors (Lipinski definition) is 8. The van der Waals surface area contributed by atoms with Crippen LogP contribution in [0.1, 0.15) is 58.6 Å². The molecular formula is C41H40Cl2F3N3O6. The van der Waals surface area contributed by atoms with Gasteiger partial charge in [0.1, 0.15) is 11.9 Å². The standard InChI is InChI=1S/C41H40Cl2F3N3O6/c42-34-19-47-20-35(43)33(34)16-30(28-9-10-36(54-40(45)46)37(17-28)52-23-25-7-8-25)24-53-39(50)29-4-1-3-26(15-29)21-49(32-6-2-5-31(44)18-32)41(51)55-38-22-48-13-11-27(38)12-14-48/h1-6,9-10,15,17-20,25,27,30,38,40H,7-8,11-14,16,21-24H2/t30-,38+/m1/s1. The number of aromatic nitrogens is 1. The molecule has 8 rings (SSSR count). The first-order chi connectivity index (χ1) is 26.6. The Hall–Kier alpha value is -4.52. The molecule has 2 bridgehead atoms. The van der Waals surface area contributed by atoms with Crippen LogP contribution in [0.5, 0.6) is 11.5 Å². The van der Waals surface area contributed by atoms with Gasteiger partial charge >= 0.3 is 18.7 Å². The number of fused-ring (bicyclic) bond motifs is 3. The Kier molecular flexibility index (Phi) is 12.3. The van der Waals surface area contributed by atoms with Crippen LogP contribution < -0.4 is 14.4 Å². The van der Waals surface area contributed by atoms with Gasteiger partial charge in [0.05, 0.1) is 41.1 Å². The van der Waals surface area contributed by atoms with Crippen molar-refractivity contribution < 1.29 is 41.7 Å². The van der Waals surface area contributed by atoms with Crippen LogP contribution in [-0.2, 0) is 22.4 Å². The highest BCUT2D eigenvalue weighted by Gasteiger charge is 2.37. The van der Waals surface area contributed by atoms with Gasteiger partial charge in [0.25, 0.3) is 0 Å². The van der Waals surface area contributed by atoms with Crippen molar-refractivity contribution in [2.24, 2.45) is 11.8 Å². The molecule has 3 aromatic carbocycles. The number of pyridine rings is 1. The summed E-state index contributed by atoms with van der Waals surface area (Å²) < 4.78 is 63.5. The molecule has 290 valence electrons. The molecule has 4 aromatic rings. The number of anilines is 1. The number of halogens is 5. The van der Waals surface area contributed by atoms with Gasteiger partial charge in [-0.2, -0.15) is 8.78 Å².